The van der Waals surface area contributed by atoms with E-state index in [9.17, 15) is 26.3 Å². The highest BCUT2D eigenvalue weighted by Crippen LogP contribution is 2.42. The normalized spacial score (nSPS) is 15.1. The minimum Gasteiger partial charge on any atom is -0.396 e. The molecule has 0 amide bonds. The van der Waals surface area contributed by atoms with E-state index in [1.165, 1.54) is 13.8 Å². The van der Waals surface area contributed by atoms with Gasteiger partial charge < -0.3 is 10.8 Å². The second kappa shape index (κ2) is 5.49. The van der Waals surface area contributed by atoms with Gasteiger partial charge in [0.25, 0.3) is 0 Å². The van der Waals surface area contributed by atoms with Crippen molar-refractivity contribution in [2.24, 2.45) is 11.1 Å². The number of aliphatic hydroxyl groups excluding tert-OH is 1. The number of rotatable bonds is 3. The van der Waals surface area contributed by atoms with Crippen LogP contribution >= 0.6 is 0 Å². The summed E-state index contributed by atoms with van der Waals surface area (Å²) in [5.74, 6) is 0. The average molecular weight is 315 g/mol. The standard InChI is InChI=1S/C13H15F6NO/c1-11(2,6-21)10(20)8-5-7(12(14,15)16)3-4-9(8)13(17,18)19/h3-5,10,21H,6,20H2,1-2H3/t10-/m0/s1. The summed E-state index contributed by atoms with van der Waals surface area (Å²) in [6, 6.07) is -0.275. The summed E-state index contributed by atoms with van der Waals surface area (Å²) in [6.45, 7) is 2.18. The quantitative estimate of drug-likeness (QED) is 0.835. The topological polar surface area (TPSA) is 46.2 Å². The predicted octanol–water partition coefficient (Wildman–Crippen LogP) is 3.74. The molecule has 21 heavy (non-hydrogen) atoms. The maximum absolute atomic E-state index is 12.9. The molecule has 0 radical (unpaired) electrons. The predicted molar refractivity (Wildman–Crippen MR) is 64.2 cm³/mol. The van der Waals surface area contributed by atoms with E-state index in [1.807, 2.05) is 0 Å². The lowest BCUT2D eigenvalue weighted by molar-refractivity contribution is -0.142. The van der Waals surface area contributed by atoms with Gasteiger partial charge in [-0.15, -0.1) is 0 Å². The zero-order chi connectivity index (χ0) is 16.6. The van der Waals surface area contributed by atoms with Crippen LogP contribution in [0.3, 0.4) is 0 Å². The van der Waals surface area contributed by atoms with Gasteiger partial charge in [-0.3, -0.25) is 0 Å². The molecule has 8 heteroatoms. The molecule has 0 spiro atoms. The fourth-order valence-electron chi connectivity index (χ4n) is 1.77. The molecule has 2 nitrogen and oxygen atoms in total. The first-order chi connectivity index (χ1) is 9.30. The van der Waals surface area contributed by atoms with Crippen LogP contribution in [0.4, 0.5) is 26.3 Å². The highest BCUT2D eigenvalue weighted by molar-refractivity contribution is 5.38. The molecule has 0 aliphatic rings. The molecule has 0 aromatic heterocycles. The number of aliphatic hydroxyl groups is 1. The van der Waals surface area contributed by atoms with Gasteiger partial charge >= 0.3 is 12.4 Å². The zero-order valence-electron chi connectivity index (χ0n) is 11.3. The molecular weight excluding hydrogens is 300 g/mol. The summed E-state index contributed by atoms with van der Waals surface area (Å²) >= 11 is 0. The Balaban J connectivity index is 3.51. The number of hydrogen-bond acceptors (Lipinski definition) is 2. The first-order valence-electron chi connectivity index (χ1n) is 5.95. The molecule has 1 aromatic rings. The van der Waals surface area contributed by atoms with Crippen LogP contribution in [0.25, 0.3) is 0 Å². The monoisotopic (exact) mass is 315 g/mol. The summed E-state index contributed by atoms with van der Waals surface area (Å²) < 4.78 is 76.8. The van der Waals surface area contributed by atoms with Crippen molar-refractivity contribution in [2.75, 3.05) is 6.61 Å². The Labute approximate surface area is 117 Å². The number of hydrogen-bond donors (Lipinski definition) is 2. The second-order valence-corrected chi connectivity index (χ2v) is 5.42. The van der Waals surface area contributed by atoms with Crippen molar-refractivity contribution in [3.05, 3.63) is 34.9 Å². The van der Waals surface area contributed by atoms with E-state index in [-0.39, 0.29) is 0 Å². The molecular formula is C13H15F6NO. The maximum Gasteiger partial charge on any atom is 0.416 e. The van der Waals surface area contributed by atoms with Crippen LogP contribution in [0.2, 0.25) is 0 Å². The Morgan fingerprint density at radius 3 is 1.95 bits per heavy atom. The minimum absolute atomic E-state index is 0.366. The number of nitrogens with two attached hydrogens (primary N) is 1. The van der Waals surface area contributed by atoms with Crippen LogP contribution in [0.15, 0.2) is 18.2 Å². The summed E-state index contributed by atoms with van der Waals surface area (Å²) in [5.41, 5.74) is 1.33. The van der Waals surface area contributed by atoms with E-state index >= 15 is 0 Å². The number of alkyl halides is 6. The Morgan fingerprint density at radius 2 is 1.57 bits per heavy atom. The molecule has 0 aliphatic carbocycles. The van der Waals surface area contributed by atoms with Crippen LogP contribution in [0, 0.1) is 5.41 Å². The molecule has 0 fully saturated rings. The van der Waals surface area contributed by atoms with Crippen molar-refractivity contribution in [2.45, 2.75) is 32.2 Å². The molecule has 1 atom stereocenters. The molecule has 0 aliphatic heterocycles. The molecule has 0 saturated heterocycles. The third-order valence-electron chi connectivity index (χ3n) is 3.27. The lowest BCUT2D eigenvalue weighted by Crippen LogP contribution is -2.34. The SMILES string of the molecule is CC(C)(CO)[C@@H](N)c1cc(C(F)(F)F)ccc1C(F)(F)F. The Bertz CT molecular complexity index is 506. The summed E-state index contributed by atoms with van der Waals surface area (Å²) in [7, 11) is 0. The van der Waals surface area contributed by atoms with E-state index < -0.39 is 47.1 Å². The van der Waals surface area contributed by atoms with E-state index in [2.05, 4.69) is 0 Å². The molecule has 0 saturated carbocycles. The van der Waals surface area contributed by atoms with Gasteiger partial charge in [0.1, 0.15) is 0 Å². The number of benzene rings is 1. The van der Waals surface area contributed by atoms with E-state index in [0.29, 0.717) is 18.2 Å². The Morgan fingerprint density at radius 1 is 1.05 bits per heavy atom. The van der Waals surface area contributed by atoms with Gasteiger partial charge in [0.05, 0.1) is 11.1 Å². The molecule has 0 unspecified atom stereocenters. The van der Waals surface area contributed by atoms with Gasteiger partial charge in [0, 0.05) is 18.1 Å². The molecule has 1 aromatic carbocycles. The third-order valence-corrected chi connectivity index (χ3v) is 3.27. The Hall–Kier alpha value is -1.28. The van der Waals surface area contributed by atoms with E-state index in [0.717, 1.165) is 0 Å². The van der Waals surface area contributed by atoms with Crippen LogP contribution in [-0.2, 0) is 12.4 Å². The first-order valence-corrected chi connectivity index (χ1v) is 5.95. The van der Waals surface area contributed by atoms with Crippen LogP contribution in [0.5, 0.6) is 0 Å². The largest absolute Gasteiger partial charge is 0.416 e. The van der Waals surface area contributed by atoms with Gasteiger partial charge in [-0.25, -0.2) is 0 Å². The molecule has 3 N–H and O–H groups in total. The number of halogens is 6. The summed E-state index contributed by atoms with van der Waals surface area (Å²) in [4.78, 5) is 0. The van der Waals surface area contributed by atoms with Crippen molar-refractivity contribution in [3.8, 4) is 0 Å². The molecule has 0 bridgehead atoms. The van der Waals surface area contributed by atoms with Crippen molar-refractivity contribution in [3.63, 3.8) is 0 Å². The smallest absolute Gasteiger partial charge is 0.396 e. The molecule has 1 rings (SSSR count). The second-order valence-electron chi connectivity index (χ2n) is 5.42. The summed E-state index contributed by atoms with van der Waals surface area (Å²) in [5, 5.41) is 9.17. The lowest BCUT2D eigenvalue weighted by Gasteiger charge is -2.32. The Kier molecular flexibility index (Phi) is 4.65. The van der Waals surface area contributed by atoms with Crippen LogP contribution in [-0.4, -0.2) is 11.7 Å². The van der Waals surface area contributed by atoms with Crippen molar-refractivity contribution < 1.29 is 31.4 Å². The minimum atomic E-state index is -4.83. The fourth-order valence-corrected chi connectivity index (χ4v) is 1.77. The van der Waals surface area contributed by atoms with Crippen molar-refractivity contribution in [1.29, 1.82) is 0 Å². The van der Waals surface area contributed by atoms with Gasteiger partial charge in [-0.1, -0.05) is 13.8 Å². The van der Waals surface area contributed by atoms with Gasteiger partial charge in [-0.05, 0) is 23.8 Å². The van der Waals surface area contributed by atoms with Gasteiger partial charge in [0.15, 0.2) is 0 Å². The van der Waals surface area contributed by atoms with Crippen LogP contribution in [0.1, 0.15) is 36.6 Å². The zero-order valence-corrected chi connectivity index (χ0v) is 11.3. The van der Waals surface area contributed by atoms with Crippen molar-refractivity contribution in [1.82, 2.24) is 0 Å². The summed E-state index contributed by atoms with van der Waals surface area (Å²) in [6.07, 6.45) is -9.61. The van der Waals surface area contributed by atoms with E-state index in [4.69, 9.17) is 10.8 Å². The third kappa shape index (κ3) is 3.88. The van der Waals surface area contributed by atoms with Crippen LogP contribution < -0.4 is 5.73 Å². The highest BCUT2D eigenvalue weighted by atomic mass is 19.4. The lowest BCUT2D eigenvalue weighted by atomic mass is 9.79. The average Bonchev–Trinajstić information content (AvgIpc) is 2.35. The van der Waals surface area contributed by atoms with Gasteiger partial charge in [0.2, 0.25) is 0 Å². The highest BCUT2D eigenvalue weighted by Gasteiger charge is 2.40. The fraction of sp³-hybridized carbons (Fsp3) is 0.538. The molecule has 120 valence electrons. The van der Waals surface area contributed by atoms with Gasteiger partial charge in [-0.2, -0.15) is 26.3 Å². The molecule has 0 heterocycles. The van der Waals surface area contributed by atoms with Crippen molar-refractivity contribution >= 4 is 0 Å². The maximum atomic E-state index is 12.9. The first kappa shape index (κ1) is 17.8. The van der Waals surface area contributed by atoms with E-state index in [1.54, 1.807) is 0 Å².